The summed E-state index contributed by atoms with van der Waals surface area (Å²) < 4.78 is 10.6. The number of carbonyl (C=O) groups excluding carboxylic acids is 1. The number of nitrogens with one attached hydrogen (secondary N) is 2. The van der Waals surface area contributed by atoms with Crippen LogP contribution in [0.15, 0.2) is 72.8 Å². The van der Waals surface area contributed by atoms with Gasteiger partial charge in [0.05, 0.1) is 27.8 Å². The first-order chi connectivity index (χ1) is 14.6. The predicted octanol–water partition coefficient (Wildman–Crippen LogP) is 3.07. The van der Waals surface area contributed by atoms with Crippen LogP contribution in [0.5, 0.6) is 11.5 Å². The van der Waals surface area contributed by atoms with Crippen LogP contribution in [0.2, 0.25) is 0 Å². The van der Waals surface area contributed by atoms with Gasteiger partial charge < -0.3 is 19.7 Å². The van der Waals surface area contributed by atoms with E-state index < -0.39 is 0 Å². The van der Waals surface area contributed by atoms with E-state index in [9.17, 15) is 4.79 Å². The highest BCUT2D eigenvalue weighted by atomic mass is 16.5. The number of rotatable bonds is 9. The van der Waals surface area contributed by atoms with Crippen molar-refractivity contribution in [2.75, 3.05) is 39.7 Å². The van der Waals surface area contributed by atoms with Crippen LogP contribution in [-0.4, -0.2) is 40.3 Å². The molecule has 0 saturated heterocycles. The van der Waals surface area contributed by atoms with Crippen molar-refractivity contribution in [3.63, 3.8) is 0 Å². The maximum Gasteiger partial charge on any atom is 0.279 e. The number of amides is 1. The summed E-state index contributed by atoms with van der Waals surface area (Å²) in [6.07, 6.45) is 0.852. The molecule has 1 amide bonds. The molecule has 0 radical (unpaired) electrons. The average Bonchev–Trinajstić information content (AvgIpc) is 2.78. The Morgan fingerprint density at radius 2 is 1.53 bits per heavy atom. The van der Waals surface area contributed by atoms with Gasteiger partial charge >= 0.3 is 0 Å². The van der Waals surface area contributed by atoms with Crippen LogP contribution < -0.4 is 19.7 Å². The molecule has 3 aromatic rings. The van der Waals surface area contributed by atoms with Crippen LogP contribution in [0.25, 0.3) is 11.1 Å². The number of carbonyl (C=O) groups is 1. The van der Waals surface area contributed by atoms with E-state index in [1.807, 2.05) is 67.7 Å². The van der Waals surface area contributed by atoms with Gasteiger partial charge in [0, 0.05) is 12.1 Å². The van der Waals surface area contributed by atoms with Gasteiger partial charge in [-0.15, -0.1) is 0 Å². The molecule has 0 spiro atoms. The molecule has 0 fully saturated rings. The third kappa shape index (κ3) is 5.84. The zero-order valence-corrected chi connectivity index (χ0v) is 17.8. The molecule has 1 unspecified atom stereocenters. The molecule has 3 rings (SSSR count). The number of quaternary nitrogens is 1. The lowest BCUT2D eigenvalue weighted by atomic mass is 10.1. The van der Waals surface area contributed by atoms with Crippen molar-refractivity contribution in [3.8, 4) is 22.6 Å². The van der Waals surface area contributed by atoms with E-state index in [-0.39, 0.29) is 5.91 Å². The van der Waals surface area contributed by atoms with Gasteiger partial charge in [-0.2, -0.15) is 0 Å². The lowest BCUT2D eigenvalue weighted by Crippen LogP contribution is -3.10. The van der Waals surface area contributed by atoms with Gasteiger partial charge in [0.1, 0.15) is 0 Å². The van der Waals surface area contributed by atoms with Crippen LogP contribution in [0.4, 0.5) is 5.69 Å². The van der Waals surface area contributed by atoms with E-state index in [1.54, 1.807) is 14.2 Å². The zero-order valence-electron chi connectivity index (χ0n) is 17.8. The van der Waals surface area contributed by atoms with E-state index >= 15 is 0 Å². The van der Waals surface area contributed by atoms with Crippen LogP contribution in [0.3, 0.4) is 0 Å². The Morgan fingerprint density at radius 1 is 0.867 bits per heavy atom. The van der Waals surface area contributed by atoms with Crippen LogP contribution in [-0.2, 0) is 11.2 Å². The van der Waals surface area contributed by atoms with Gasteiger partial charge in [0.15, 0.2) is 18.0 Å². The number of anilines is 1. The Kier molecular flexibility index (Phi) is 7.46. The standard InChI is InChI=1S/C25H28N2O3/c1-27(16-15-19-9-14-23(29-2)24(17-19)30-3)18-25(28)26-22-12-10-21(11-13-22)20-7-5-4-6-8-20/h4-14,17H,15-16,18H2,1-3H3,(H,26,28)/p+1. The summed E-state index contributed by atoms with van der Waals surface area (Å²) in [5.41, 5.74) is 4.26. The molecule has 0 bridgehead atoms. The van der Waals surface area contributed by atoms with Crippen LogP contribution in [0, 0.1) is 0 Å². The second-order valence-electron chi connectivity index (χ2n) is 7.31. The van der Waals surface area contributed by atoms with Crippen LogP contribution in [0.1, 0.15) is 5.56 Å². The number of hydrogen-bond donors (Lipinski definition) is 2. The molecule has 30 heavy (non-hydrogen) atoms. The van der Waals surface area contributed by atoms with Crippen molar-refractivity contribution in [1.29, 1.82) is 0 Å². The Balaban J connectivity index is 1.49. The number of likely N-dealkylation sites (N-methyl/N-ethyl adjacent to an activating group) is 1. The van der Waals surface area contributed by atoms with Gasteiger partial charge in [-0.25, -0.2) is 0 Å². The lowest BCUT2D eigenvalue weighted by Gasteiger charge is -2.15. The predicted molar refractivity (Wildman–Crippen MR) is 120 cm³/mol. The summed E-state index contributed by atoms with van der Waals surface area (Å²) in [5, 5.41) is 2.99. The first-order valence-electron chi connectivity index (χ1n) is 10.1. The Labute approximate surface area is 178 Å². The first-order valence-corrected chi connectivity index (χ1v) is 10.1. The minimum Gasteiger partial charge on any atom is -0.493 e. The monoisotopic (exact) mass is 405 g/mol. The molecule has 2 N–H and O–H groups in total. The molecule has 0 saturated carbocycles. The van der Waals surface area contributed by atoms with E-state index in [4.69, 9.17) is 9.47 Å². The molecular formula is C25H29N2O3+. The second-order valence-corrected chi connectivity index (χ2v) is 7.31. The number of methoxy groups -OCH3 is 2. The largest absolute Gasteiger partial charge is 0.493 e. The van der Waals surface area contributed by atoms with Crippen molar-refractivity contribution in [2.45, 2.75) is 6.42 Å². The van der Waals surface area contributed by atoms with E-state index in [0.717, 1.165) is 51.7 Å². The minimum atomic E-state index is 0.00673. The van der Waals surface area contributed by atoms with Crippen molar-refractivity contribution < 1.29 is 19.2 Å². The molecular weight excluding hydrogens is 376 g/mol. The van der Waals surface area contributed by atoms with Crippen molar-refractivity contribution in [1.82, 2.24) is 0 Å². The van der Waals surface area contributed by atoms with Crippen molar-refractivity contribution in [3.05, 3.63) is 78.4 Å². The fraction of sp³-hybridized carbons (Fsp3) is 0.240. The maximum atomic E-state index is 12.4. The molecule has 0 aromatic heterocycles. The topological polar surface area (TPSA) is 52.0 Å². The van der Waals surface area contributed by atoms with Crippen LogP contribution >= 0.6 is 0 Å². The summed E-state index contributed by atoms with van der Waals surface area (Å²) in [6.45, 7) is 1.25. The van der Waals surface area contributed by atoms with Crippen molar-refractivity contribution in [2.24, 2.45) is 0 Å². The Hall–Kier alpha value is -3.31. The molecule has 0 aliphatic carbocycles. The summed E-state index contributed by atoms with van der Waals surface area (Å²) in [5.74, 6) is 1.45. The maximum absolute atomic E-state index is 12.4. The molecule has 0 heterocycles. The highest BCUT2D eigenvalue weighted by Crippen LogP contribution is 2.27. The molecule has 0 aliphatic heterocycles. The molecule has 1 atom stereocenters. The molecule has 5 nitrogen and oxygen atoms in total. The number of benzene rings is 3. The molecule has 3 aromatic carbocycles. The third-order valence-electron chi connectivity index (χ3n) is 5.03. The fourth-order valence-corrected chi connectivity index (χ4v) is 3.34. The highest BCUT2D eigenvalue weighted by molar-refractivity contribution is 5.91. The molecule has 0 aliphatic rings. The third-order valence-corrected chi connectivity index (χ3v) is 5.03. The summed E-state index contributed by atoms with van der Waals surface area (Å²) in [4.78, 5) is 13.5. The van der Waals surface area contributed by atoms with Gasteiger partial charge in [0.25, 0.3) is 5.91 Å². The minimum absolute atomic E-state index is 0.00673. The first kappa shape index (κ1) is 21.4. The Morgan fingerprint density at radius 3 is 2.20 bits per heavy atom. The molecule has 5 heteroatoms. The van der Waals surface area contributed by atoms with Gasteiger partial charge in [0.2, 0.25) is 0 Å². The zero-order chi connectivity index (χ0) is 21.3. The molecule has 156 valence electrons. The second kappa shape index (κ2) is 10.5. The summed E-state index contributed by atoms with van der Waals surface area (Å²) in [7, 11) is 5.29. The normalized spacial score (nSPS) is 11.6. The Bertz CT molecular complexity index is 956. The van der Waals surface area contributed by atoms with E-state index in [0.29, 0.717) is 6.54 Å². The van der Waals surface area contributed by atoms with Crippen molar-refractivity contribution >= 4 is 11.6 Å². The number of ether oxygens (including phenoxy) is 2. The van der Waals surface area contributed by atoms with E-state index in [1.165, 1.54) is 0 Å². The van der Waals surface area contributed by atoms with Gasteiger partial charge in [-0.3, -0.25) is 4.79 Å². The van der Waals surface area contributed by atoms with Gasteiger partial charge in [-0.1, -0.05) is 48.5 Å². The quantitative estimate of drug-likeness (QED) is 0.575. The smallest absolute Gasteiger partial charge is 0.279 e. The van der Waals surface area contributed by atoms with Gasteiger partial charge in [-0.05, 0) is 41.0 Å². The fourth-order valence-electron chi connectivity index (χ4n) is 3.34. The summed E-state index contributed by atoms with van der Waals surface area (Å²) in [6, 6.07) is 24.1. The SMILES string of the molecule is COc1ccc(CC[NH+](C)CC(=O)Nc2ccc(-c3ccccc3)cc2)cc1OC. The summed E-state index contributed by atoms with van der Waals surface area (Å²) >= 11 is 0. The highest BCUT2D eigenvalue weighted by Gasteiger charge is 2.12. The average molecular weight is 406 g/mol. The van der Waals surface area contributed by atoms with E-state index in [2.05, 4.69) is 17.4 Å². The number of hydrogen-bond acceptors (Lipinski definition) is 3. The lowest BCUT2D eigenvalue weighted by molar-refractivity contribution is -0.870.